The van der Waals surface area contributed by atoms with Crippen molar-refractivity contribution < 1.29 is 9.47 Å². The Bertz CT molecular complexity index is 560. The van der Waals surface area contributed by atoms with Gasteiger partial charge in [0.1, 0.15) is 6.61 Å². The molecule has 5 heteroatoms. The third-order valence-electron chi connectivity index (χ3n) is 3.01. The Kier molecular flexibility index (Phi) is 6.22. The van der Waals surface area contributed by atoms with Crippen LogP contribution in [0.25, 0.3) is 10.9 Å². The number of aromatic nitrogens is 2. The Morgan fingerprint density at radius 1 is 1.05 bits per heavy atom. The van der Waals surface area contributed by atoms with Crippen LogP contribution in [0.3, 0.4) is 0 Å². The van der Waals surface area contributed by atoms with Gasteiger partial charge in [-0.05, 0) is 25.5 Å². The van der Waals surface area contributed by atoms with E-state index in [2.05, 4.69) is 22.2 Å². The predicted octanol–water partition coefficient (Wildman–Crippen LogP) is 3.26. The second kappa shape index (κ2) is 8.42. The summed E-state index contributed by atoms with van der Waals surface area (Å²) in [6.07, 6.45) is 2.23. The van der Waals surface area contributed by atoms with E-state index in [1.165, 1.54) is 0 Å². The Hall–Kier alpha value is -1.88. The summed E-state index contributed by atoms with van der Waals surface area (Å²) in [5.74, 6) is 1.20. The molecular formula is C16H23N3O2. The van der Waals surface area contributed by atoms with Gasteiger partial charge in [-0.1, -0.05) is 25.5 Å². The number of para-hydroxylation sites is 1. The minimum Gasteiger partial charge on any atom is -0.475 e. The number of benzene rings is 1. The van der Waals surface area contributed by atoms with Gasteiger partial charge >= 0.3 is 0 Å². The van der Waals surface area contributed by atoms with Gasteiger partial charge in [-0.15, -0.1) is 0 Å². The van der Waals surface area contributed by atoms with Crippen molar-refractivity contribution in [2.45, 2.75) is 26.7 Å². The summed E-state index contributed by atoms with van der Waals surface area (Å²) in [5.41, 5.74) is 0.880. The number of ether oxygens (including phenoxy) is 2. The lowest BCUT2D eigenvalue weighted by Gasteiger charge is -2.10. The van der Waals surface area contributed by atoms with Crippen LogP contribution < -0.4 is 10.1 Å². The predicted molar refractivity (Wildman–Crippen MR) is 84.9 cm³/mol. The van der Waals surface area contributed by atoms with E-state index in [4.69, 9.17) is 9.47 Å². The summed E-state index contributed by atoms with van der Waals surface area (Å²) in [4.78, 5) is 8.89. The molecule has 0 fully saturated rings. The van der Waals surface area contributed by atoms with Crippen molar-refractivity contribution in [2.75, 3.05) is 31.7 Å². The molecule has 2 aromatic rings. The minimum atomic E-state index is 0.496. The van der Waals surface area contributed by atoms with E-state index in [0.29, 0.717) is 25.0 Å². The number of fused-ring (bicyclic) bond motifs is 1. The Labute approximate surface area is 125 Å². The lowest BCUT2D eigenvalue weighted by molar-refractivity contribution is 0.0971. The Morgan fingerprint density at radius 3 is 2.71 bits per heavy atom. The van der Waals surface area contributed by atoms with E-state index in [9.17, 15) is 0 Å². The summed E-state index contributed by atoms with van der Waals surface area (Å²) < 4.78 is 11.3. The molecule has 0 aliphatic carbocycles. The van der Waals surface area contributed by atoms with E-state index in [1.807, 2.05) is 31.2 Å². The SMILES string of the molecule is CCCCOCCOc1nc(NCC)nc2ccccc12. The Balaban J connectivity index is 2.03. The first kappa shape index (κ1) is 15.5. The number of hydrogen-bond acceptors (Lipinski definition) is 5. The van der Waals surface area contributed by atoms with Gasteiger partial charge in [0.2, 0.25) is 11.8 Å². The van der Waals surface area contributed by atoms with Crippen molar-refractivity contribution in [3.05, 3.63) is 24.3 Å². The van der Waals surface area contributed by atoms with Gasteiger partial charge in [-0.25, -0.2) is 4.98 Å². The number of anilines is 1. The second-order valence-electron chi connectivity index (χ2n) is 4.71. The largest absolute Gasteiger partial charge is 0.475 e. The first-order valence-corrected chi connectivity index (χ1v) is 7.56. The molecule has 2 rings (SSSR count). The molecule has 0 amide bonds. The molecule has 1 N–H and O–H groups in total. The molecule has 0 saturated carbocycles. The molecule has 1 aromatic carbocycles. The van der Waals surface area contributed by atoms with Crippen LogP contribution in [0.1, 0.15) is 26.7 Å². The van der Waals surface area contributed by atoms with Crippen molar-refractivity contribution in [3.63, 3.8) is 0 Å². The maximum Gasteiger partial charge on any atom is 0.226 e. The number of nitrogens with one attached hydrogen (secondary N) is 1. The molecule has 0 saturated heterocycles. The average molecular weight is 289 g/mol. The zero-order valence-corrected chi connectivity index (χ0v) is 12.8. The topological polar surface area (TPSA) is 56.3 Å². The number of rotatable bonds is 9. The monoisotopic (exact) mass is 289 g/mol. The molecule has 0 aliphatic heterocycles. The first-order chi connectivity index (χ1) is 10.3. The highest BCUT2D eigenvalue weighted by molar-refractivity contribution is 5.84. The number of hydrogen-bond donors (Lipinski definition) is 1. The third kappa shape index (κ3) is 4.56. The van der Waals surface area contributed by atoms with Gasteiger partial charge in [0.05, 0.1) is 17.5 Å². The minimum absolute atomic E-state index is 0.496. The lowest BCUT2D eigenvalue weighted by atomic mass is 10.2. The molecular weight excluding hydrogens is 266 g/mol. The van der Waals surface area contributed by atoms with Crippen LogP contribution in [0.2, 0.25) is 0 Å². The van der Waals surface area contributed by atoms with Crippen molar-refractivity contribution in [1.29, 1.82) is 0 Å². The van der Waals surface area contributed by atoms with Crippen molar-refractivity contribution in [2.24, 2.45) is 0 Å². The van der Waals surface area contributed by atoms with Gasteiger partial charge in [-0.2, -0.15) is 4.98 Å². The summed E-state index contributed by atoms with van der Waals surface area (Å²) >= 11 is 0. The normalized spacial score (nSPS) is 10.8. The molecule has 0 spiro atoms. The Morgan fingerprint density at radius 2 is 1.90 bits per heavy atom. The molecule has 1 heterocycles. The van der Waals surface area contributed by atoms with Crippen molar-refractivity contribution in [1.82, 2.24) is 9.97 Å². The van der Waals surface area contributed by atoms with Gasteiger partial charge in [0.15, 0.2) is 0 Å². The van der Waals surface area contributed by atoms with Crippen LogP contribution >= 0.6 is 0 Å². The molecule has 0 radical (unpaired) electrons. The van der Waals surface area contributed by atoms with Gasteiger partial charge in [0, 0.05) is 13.2 Å². The van der Waals surface area contributed by atoms with Crippen molar-refractivity contribution >= 4 is 16.9 Å². The van der Waals surface area contributed by atoms with E-state index in [1.54, 1.807) is 0 Å². The van der Waals surface area contributed by atoms with Crippen LogP contribution in [-0.2, 0) is 4.74 Å². The molecule has 0 atom stereocenters. The maximum absolute atomic E-state index is 5.77. The summed E-state index contributed by atoms with van der Waals surface area (Å²) in [7, 11) is 0. The highest BCUT2D eigenvalue weighted by Crippen LogP contribution is 2.23. The summed E-state index contributed by atoms with van der Waals surface area (Å²) in [6.45, 7) is 6.80. The molecule has 1 aromatic heterocycles. The lowest BCUT2D eigenvalue weighted by Crippen LogP contribution is -2.10. The number of nitrogens with zero attached hydrogens (tertiary/aromatic N) is 2. The fraction of sp³-hybridized carbons (Fsp3) is 0.500. The van der Waals surface area contributed by atoms with E-state index < -0.39 is 0 Å². The van der Waals surface area contributed by atoms with E-state index >= 15 is 0 Å². The van der Waals surface area contributed by atoms with Gasteiger partial charge < -0.3 is 14.8 Å². The fourth-order valence-electron chi connectivity index (χ4n) is 1.94. The first-order valence-electron chi connectivity index (χ1n) is 7.56. The highest BCUT2D eigenvalue weighted by atomic mass is 16.5. The zero-order valence-electron chi connectivity index (χ0n) is 12.8. The van der Waals surface area contributed by atoms with Crippen LogP contribution in [0, 0.1) is 0 Å². The molecule has 0 aliphatic rings. The average Bonchev–Trinajstić information content (AvgIpc) is 2.51. The van der Waals surface area contributed by atoms with Crippen LogP contribution in [0.15, 0.2) is 24.3 Å². The molecule has 0 bridgehead atoms. The molecule has 114 valence electrons. The van der Waals surface area contributed by atoms with Crippen LogP contribution in [-0.4, -0.2) is 36.3 Å². The second-order valence-corrected chi connectivity index (χ2v) is 4.71. The molecule has 5 nitrogen and oxygen atoms in total. The third-order valence-corrected chi connectivity index (χ3v) is 3.01. The highest BCUT2D eigenvalue weighted by Gasteiger charge is 2.08. The van der Waals surface area contributed by atoms with Crippen LogP contribution in [0.5, 0.6) is 5.88 Å². The number of unbranched alkanes of at least 4 members (excludes halogenated alkanes) is 1. The molecule has 0 unspecified atom stereocenters. The smallest absolute Gasteiger partial charge is 0.226 e. The van der Waals surface area contributed by atoms with Crippen molar-refractivity contribution in [3.8, 4) is 5.88 Å². The zero-order chi connectivity index (χ0) is 14.9. The van der Waals surface area contributed by atoms with Gasteiger partial charge in [-0.3, -0.25) is 0 Å². The fourth-order valence-corrected chi connectivity index (χ4v) is 1.94. The summed E-state index contributed by atoms with van der Waals surface area (Å²) in [6, 6.07) is 7.85. The van der Waals surface area contributed by atoms with Gasteiger partial charge in [0.25, 0.3) is 0 Å². The molecule has 21 heavy (non-hydrogen) atoms. The summed E-state index contributed by atoms with van der Waals surface area (Å²) in [5, 5.41) is 4.05. The quantitative estimate of drug-likeness (QED) is 0.718. The maximum atomic E-state index is 5.77. The van der Waals surface area contributed by atoms with E-state index in [-0.39, 0.29) is 0 Å². The standard InChI is InChI=1S/C16H23N3O2/c1-3-5-10-20-11-12-21-15-13-8-6-7-9-14(13)18-16(19-15)17-4-2/h6-9H,3-5,10-12H2,1-2H3,(H,17,18,19). The van der Waals surface area contributed by atoms with E-state index in [0.717, 1.165) is 36.9 Å². The van der Waals surface area contributed by atoms with Crippen LogP contribution in [0.4, 0.5) is 5.95 Å².